The molecule has 1 heterocycles. The molecule has 2 saturated carbocycles. The molecule has 1 heteroatoms. The van der Waals surface area contributed by atoms with Crippen LogP contribution < -0.4 is 0 Å². The first-order chi connectivity index (χ1) is 22.7. The molecule has 0 N–H and O–H groups in total. The van der Waals surface area contributed by atoms with Crippen LogP contribution in [0.3, 0.4) is 0 Å². The van der Waals surface area contributed by atoms with Crippen molar-refractivity contribution in [1.29, 1.82) is 0 Å². The van der Waals surface area contributed by atoms with Crippen LogP contribution in [0.4, 0.5) is 0 Å². The lowest BCUT2D eigenvalue weighted by molar-refractivity contribution is 0.327. The Labute approximate surface area is 267 Å². The van der Waals surface area contributed by atoms with Crippen LogP contribution in [-0.2, 0) is 5.41 Å². The molecule has 2 bridgehead atoms. The van der Waals surface area contributed by atoms with Gasteiger partial charge in [0.2, 0.25) is 0 Å². The van der Waals surface area contributed by atoms with Crippen molar-refractivity contribution in [2.24, 2.45) is 11.8 Å². The molecule has 11 rings (SSSR count). The van der Waals surface area contributed by atoms with Gasteiger partial charge in [0, 0.05) is 27.0 Å². The fourth-order valence-electron chi connectivity index (χ4n) is 10.4. The summed E-state index contributed by atoms with van der Waals surface area (Å²) in [6.45, 7) is 8.18. The lowest BCUT2D eigenvalue weighted by Gasteiger charge is -2.36. The molecule has 1 aromatic heterocycles. The Morgan fingerprint density at radius 3 is 2.28 bits per heavy atom. The van der Waals surface area contributed by atoms with Gasteiger partial charge in [-0.05, 0) is 121 Å². The first-order valence-electron chi connectivity index (χ1n) is 16.8. The largest absolute Gasteiger partial charge is 0.455 e. The summed E-state index contributed by atoms with van der Waals surface area (Å²) >= 11 is 0. The Kier molecular flexibility index (Phi) is 4.67. The zero-order valence-electron chi connectivity index (χ0n) is 25.7. The molecule has 2 fully saturated rings. The van der Waals surface area contributed by atoms with E-state index in [1.54, 1.807) is 11.1 Å². The van der Waals surface area contributed by atoms with Gasteiger partial charge in [-0.25, -0.2) is 0 Å². The van der Waals surface area contributed by atoms with Crippen LogP contribution in [0.5, 0.6) is 0 Å². The second kappa shape index (κ2) is 8.56. The Balaban J connectivity index is 1.27. The zero-order chi connectivity index (χ0) is 30.3. The van der Waals surface area contributed by atoms with E-state index in [4.69, 9.17) is 4.42 Å². The van der Waals surface area contributed by atoms with Crippen molar-refractivity contribution in [1.82, 2.24) is 0 Å². The second-order valence-corrected chi connectivity index (χ2v) is 14.1. The minimum absolute atomic E-state index is 0.132. The van der Waals surface area contributed by atoms with E-state index in [-0.39, 0.29) is 5.41 Å². The molecule has 8 aromatic rings. The summed E-state index contributed by atoms with van der Waals surface area (Å²) in [5.41, 5.74) is 12.9. The summed E-state index contributed by atoms with van der Waals surface area (Å²) in [7, 11) is 0. The summed E-state index contributed by atoms with van der Waals surface area (Å²) in [4.78, 5) is 0. The summed E-state index contributed by atoms with van der Waals surface area (Å²) in [6.07, 6.45) is 9.30. The summed E-state index contributed by atoms with van der Waals surface area (Å²) in [5, 5.41) is 9.97. The molecule has 3 unspecified atom stereocenters. The van der Waals surface area contributed by atoms with Gasteiger partial charge < -0.3 is 4.42 Å². The van der Waals surface area contributed by atoms with Gasteiger partial charge in [0.15, 0.2) is 0 Å². The van der Waals surface area contributed by atoms with E-state index in [0.717, 1.165) is 34.0 Å². The predicted molar refractivity (Wildman–Crippen MR) is 195 cm³/mol. The van der Waals surface area contributed by atoms with E-state index >= 15 is 0 Å². The van der Waals surface area contributed by atoms with Crippen LogP contribution in [0, 0.1) is 11.8 Å². The molecule has 3 aliphatic rings. The van der Waals surface area contributed by atoms with Crippen molar-refractivity contribution < 1.29 is 4.42 Å². The number of hydrogen-bond acceptors (Lipinski definition) is 1. The maximum Gasteiger partial charge on any atom is 0.143 e. The minimum atomic E-state index is 0.132. The molecule has 1 nitrogen and oxygen atoms in total. The summed E-state index contributed by atoms with van der Waals surface area (Å²) in [6, 6.07) is 36.8. The Morgan fingerprint density at radius 1 is 0.630 bits per heavy atom. The molecule has 0 amide bonds. The zero-order valence-corrected chi connectivity index (χ0v) is 25.7. The van der Waals surface area contributed by atoms with Gasteiger partial charge in [0.1, 0.15) is 11.2 Å². The van der Waals surface area contributed by atoms with Gasteiger partial charge in [-0.1, -0.05) is 105 Å². The molecule has 3 atom stereocenters. The van der Waals surface area contributed by atoms with E-state index < -0.39 is 0 Å². The Bertz CT molecular complexity index is 2650. The average molecular weight is 589 g/mol. The average Bonchev–Trinajstić information content (AvgIpc) is 3.88. The van der Waals surface area contributed by atoms with Crippen LogP contribution in [0.1, 0.15) is 47.9 Å². The van der Waals surface area contributed by atoms with E-state index in [9.17, 15) is 0 Å². The monoisotopic (exact) mass is 588 g/mol. The van der Waals surface area contributed by atoms with Gasteiger partial charge in [-0.15, -0.1) is 0 Å². The van der Waals surface area contributed by atoms with Gasteiger partial charge in [-0.3, -0.25) is 0 Å². The van der Waals surface area contributed by atoms with E-state index in [1.165, 1.54) is 91.2 Å². The van der Waals surface area contributed by atoms with Crippen molar-refractivity contribution in [3.05, 3.63) is 132 Å². The van der Waals surface area contributed by atoms with Crippen molar-refractivity contribution in [3.63, 3.8) is 0 Å². The summed E-state index contributed by atoms with van der Waals surface area (Å²) < 4.78 is 6.71. The first kappa shape index (κ1) is 25.1. The highest BCUT2D eigenvalue weighted by Gasteiger charge is 2.57. The van der Waals surface area contributed by atoms with Gasteiger partial charge in [0.25, 0.3) is 0 Å². The van der Waals surface area contributed by atoms with Crippen LogP contribution >= 0.6 is 0 Å². The van der Waals surface area contributed by atoms with Gasteiger partial charge >= 0.3 is 0 Å². The first-order valence-corrected chi connectivity index (χ1v) is 16.8. The molecule has 0 saturated heterocycles. The van der Waals surface area contributed by atoms with E-state index in [2.05, 4.69) is 110 Å². The standard InChI is InChI=1S/C45H32O/c1-3-25-15-18-37-35(21-25)41-30(10-7-13-38(41)45(37)24-27-14-17-29(45)20-27)34-23-28-8-5-11-32-40(28)42-31(34)9-6-12-33(42)44-43(32)36-22-26(4-2)16-19-39(36)46-44/h3-13,15-16,18-19,21-23,27,29H,1-2,14,17,20,24H2. The van der Waals surface area contributed by atoms with E-state index in [1.807, 2.05) is 12.2 Å². The highest BCUT2D eigenvalue weighted by atomic mass is 16.3. The molecule has 0 radical (unpaired) electrons. The van der Waals surface area contributed by atoms with Crippen molar-refractivity contribution in [2.45, 2.75) is 31.1 Å². The predicted octanol–water partition coefficient (Wildman–Crippen LogP) is 12.5. The fourth-order valence-corrected chi connectivity index (χ4v) is 10.4. The fraction of sp³-hybridized carbons (Fsp3) is 0.156. The highest BCUT2D eigenvalue weighted by Crippen LogP contribution is 2.67. The maximum atomic E-state index is 6.71. The Morgan fingerprint density at radius 2 is 1.43 bits per heavy atom. The van der Waals surface area contributed by atoms with Crippen LogP contribution in [0.15, 0.2) is 115 Å². The molecular weight excluding hydrogens is 556 g/mol. The van der Waals surface area contributed by atoms with Crippen molar-refractivity contribution >= 4 is 66.4 Å². The third kappa shape index (κ3) is 2.89. The second-order valence-electron chi connectivity index (χ2n) is 14.1. The van der Waals surface area contributed by atoms with Crippen molar-refractivity contribution in [3.8, 4) is 22.3 Å². The number of benzene rings is 7. The van der Waals surface area contributed by atoms with Crippen LogP contribution in [0.25, 0.3) is 88.7 Å². The maximum absolute atomic E-state index is 6.71. The highest BCUT2D eigenvalue weighted by molar-refractivity contribution is 6.38. The van der Waals surface area contributed by atoms with Gasteiger partial charge in [-0.2, -0.15) is 0 Å². The van der Waals surface area contributed by atoms with Crippen molar-refractivity contribution in [2.75, 3.05) is 0 Å². The molecule has 218 valence electrons. The SMILES string of the molecule is C=Cc1ccc2c(c1)-c1c(-c3cc4cccc5c6c7cc(C=C)ccc7oc6c6cccc3c6c45)cccc1C21CC2CCC1C2. The number of rotatable bonds is 3. The third-order valence-electron chi connectivity index (χ3n) is 12.2. The lowest BCUT2D eigenvalue weighted by atomic mass is 9.66. The smallest absolute Gasteiger partial charge is 0.143 e. The molecule has 0 aliphatic heterocycles. The number of furan rings is 1. The number of fused-ring (bicyclic) bond motifs is 13. The quantitative estimate of drug-likeness (QED) is 0.187. The topological polar surface area (TPSA) is 13.1 Å². The van der Waals surface area contributed by atoms with Crippen LogP contribution in [0.2, 0.25) is 0 Å². The van der Waals surface area contributed by atoms with Gasteiger partial charge in [0.05, 0.1) is 0 Å². The van der Waals surface area contributed by atoms with E-state index in [0.29, 0.717) is 0 Å². The van der Waals surface area contributed by atoms with Crippen LogP contribution in [-0.4, -0.2) is 0 Å². The molecule has 3 aliphatic carbocycles. The molecule has 1 spiro atoms. The third-order valence-corrected chi connectivity index (χ3v) is 12.2. The molecular formula is C45H32O. The molecule has 7 aromatic carbocycles. The normalized spacial score (nSPS) is 21.4. The number of hydrogen-bond donors (Lipinski definition) is 0. The lowest BCUT2D eigenvalue weighted by Crippen LogP contribution is -2.31. The Hall–Kier alpha value is -5.14. The summed E-state index contributed by atoms with van der Waals surface area (Å²) in [5.74, 6) is 1.57. The molecule has 46 heavy (non-hydrogen) atoms. The minimum Gasteiger partial charge on any atom is -0.455 e.